The van der Waals surface area contributed by atoms with Crippen molar-refractivity contribution in [2.24, 2.45) is 0 Å². The second-order valence-corrected chi connectivity index (χ2v) is 8.10. The van der Waals surface area contributed by atoms with Crippen molar-refractivity contribution in [3.8, 4) is 6.07 Å². The minimum absolute atomic E-state index is 0.000157. The van der Waals surface area contributed by atoms with Gasteiger partial charge < -0.3 is 15.5 Å². The van der Waals surface area contributed by atoms with E-state index in [1.807, 2.05) is 6.07 Å². The molecule has 2 aromatic carbocycles. The van der Waals surface area contributed by atoms with E-state index in [1.165, 1.54) is 24.0 Å². The van der Waals surface area contributed by atoms with Crippen LogP contribution in [-0.4, -0.2) is 34.2 Å². The molecule has 176 valence electrons. The van der Waals surface area contributed by atoms with Crippen LogP contribution in [-0.2, 0) is 11.3 Å². The Kier molecular flexibility index (Phi) is 6.51. The molecule has 2 N–H and O–H groups in total. The first kappa shape index (κ1) is 23.5. The fraction of sp³-hybridized carbons (Fsp3) is 0.200. The largest absolute Gasteiger partial charge is 0.347 e. The number of nitrogens with zero attached hydrogens (tertiary/aromatic N) is 4. The fourth-order valence-corrected chi connectivity index (χ4v) is 3.87. The topological polar surface area (TPSA) is 128 Å². The summed E-state index contributed by atoms with van der Waals surface area (Å²) in [5, 5.41) is 14.7. The summed E-state index contributed by atoms with van der Waals surface area (Å²) < 4.78 is 13.4. The number of aromatic nitrogens is 2. The molecule has 1 aliphatic heterocycles. The average Bonchev–Trinajstić information content (AvgIpc) is 3.22. The Morgan fingerprint density at radius 3 is 2.54 bits per heavy atom. The van der Waals surface area contributed by atoms with E-state index in [0.717, 1.165) is 11.9 Å². The second kappa shape index (κ2) is 9.69. The zero-order valence-electron chi connectivity index (χ0n) is 19.0. The van der Waals surface area contributed by atoms with E-state index in [0.29, 0.717) is 22.4 Å². The average molecular weight is 472 g/mol. The summed E-state index contributed by atoms with van der Waals surface area (Å²) in [6, 6.07) is 12.3. The number of hydrogen-bond acceptors (Lipinski definition) is 6. The molecule has 10 heteroatoms. The first-order valence-corrected chi connectivity index (χ1v) is 10.7. The van der Waals surface area contributed by atoms with Crippen LogP contribution >= 0.6 is 0 Å². The maximum atomic E-state index is 13.4. The van der Waals surface area contributed by atoms with Gasteiger partial charge in [0.2, 0.25) is 5.91 Å². The quantitative estimate of drug-likeness (QED) is 0.587. The summed E-state index contributed by atoms with van der Waals surface area (Å²) in [6.07, 6.45) is 1.12. The molecule has 1 aromatic heterocycles. The molecule has 1 atom stereocenters. The van der Waals surface area contributed by atoms with E-state index < -0.39 is 17.9 Å². The van der Waals surface area contributed by atoms with Gasteiger partial charge in [0.15, 0.2) is 0 Å². The van der Waals surface area contributed by atoms with Crippen LogP contribution in [0.5, 0.6) is 0 Å². The molecule has 0 fully saturated rings. The van der Waals surface area contributed by atoms with Crippen LogP contribution in [0.2, 0.25) is 0 Å². The van der Waals surface area contributed by atoms with E-state index >= 15 is 0 Å². The summed E-state index contributed by atoms with van der Waals surface area (Å²) in [7, 11) is 0. The Labute approximate surface area is 200 Å². The molecule has 3 aromatic rings. The molecular weight excluding hydrogens is 451 g/mol. The van der Waals surface area contributed by atoms with Crippen molar-refractivity contribution >= 4 is 23.4 Å². The van der Waals surface area contributed by atoms with Crippen LogP contribution in [0, 0.1) is 24.1 Å². The summed E-state index contributed by atoms with van der Waals surface area (Å²) in [4.78, 5) is 46.9. The van der Waals surface area contributed by atoms with Gasteiger partial charge in [0, 0.05) is 25.1 Å². The Balaban J connectivity index is 1.46. The van der Waals surface area contributed by atoms with Gasteiger partial charge in [-0.15, -0.1) is 0 Å². The third kappa shape index (κ3) is 4.99. The molecule has 0 saturated carbocycles. The van der Waals surface area contributed by atoms with E-state index in [-0.39, 0.29) is 36.2 Å². The van der Waals surface area contributed by atoms with Gasteiger partial charge in [-0.25, -0.2) is 14.4 Å². The molecule has 0 bridgehead atoms. The lowest BCUT2D eigenvalue weighted by atomic mass is 10.1. The standard InChI is InChI=1S/C25H21FN6O3/c1-14-7-17(4-6-19(14)26)11-28-24(34)20-9-21(30-13-29-20)25(35)31-22-12-32(15(2)33)23-8-16(10-27)3-5-18(22)23/h3-9,13,22H,11-12H2,1-2H3,(H,28,34)(H,31,35). The number of aryl methyl sites for hydroxylation is 1. The normalized spacial score (nSPS) is 14.1. The number of benzene rings is 2. The van der Waals surface area contributed by atoms with Gasteiger partial charge in [-0.2, -0.15) is 5.26 Å². The van der Waals surface area contributed by atoms with Crippen molar-refractivity contribution < 1.29 is 18.8 Å². The van der Waals surface area contributed by atoms with Crippen molar-refractivity contribution in [1.29, 1.82) is 5.26 Å². The Bertz CT molecular complexity index is 1380. The molecular formula is C25H21FN6O3. The molecule has 0 aliphatic carbocycles. The maximum Gasteiger partial charge on any atom is 0.270 e. The summed E-state index contributed by atoms with van der Waals surface area (Å²) in [5.41, 5.74) is 2.86. The number of nitrogens with one attached hydrogen (secondary N) is 2. The minimum Gasteiger partial charge on any atom is -0.347 e. The van der Waals surface area contributed by atoms with Crippen LogP contribution in [0.25, 0.3) is 0 Å². The number of rotatable bonds is 5. The predicted molar refractivity (Wildman–Crippen MR) is 124 cm³/mol. The molecule has 1 aliphatic rings. The smallest absolute Gasteiger partial charge is 0.270 e. The number of carbonyl (C=O) groups is 3. The van der Waals surface area contributed by atoms with Crippen LogP contribution < -0.4 is 15.5 Å². The van der Waals surface area contributed by atoms with E-state index in [2.05, 4.69) is 20.6 Å². The fourth-order valence-electron chi connectivity index (χ4n) is 3.87. The molecule has 0 radical (unpaired) electrons. The maximum absolute atomic E-state index is 13.4. The van der Waals surface area contributed by atoms with E-state index in [4.69, 9.17) is 5.26 Å². The summed E-state index contributed by atoms with van der Waals surface area (Å²) in [6.45, 7) is 3.42. The highest BCUT2D eigenvalue weighted by Gasteiger charge is 2.32. The molecule has 4 rings (SSSR count). The number of carbonyl (C=O) groups excluding carboxylic acids is 3. The number of anilines is 1. The molecule has 0 spiro atoms. The lowest BCUT2D eigenvalue weighted by Gasteiger charge is -2.16. The van der Waals surface area contributed by atoms with Crippen LogP contribution in [0.3, 0.4) is 0 Å². The van der Waals surface area contributed by atoms with Gasteiger partial charge in [-0.05, 0) is 36.2 Å². The zero-order chi connectivity index (χ0) is 25.1. The van der Waals surface area contributed by atoms with E-state index in [9.17, 15) is 18.8 Å². The molecule has 0 saturated heterocycles. The lowest BCUT2D eigenvalue weighted by molar-refractivity contribution is -0.116. The highest BCUT2D eigenvalue weighted by Crippen LogP contribution is 2.35. The molecule has 1 unspecified atom stereocenters. The predicted octanol–water partition coefficient (Wildman–Crippen LogP) is 2.56. The van der Waals surface area contributed by atoms with Gasteiger partial charge in [0.05, 0.1) is 29.9 Å². The second-order valence-electron chi connectivity index (χ2n) is 8.10. The van der Waals surface area contributed by atoms with E-state index in [1.54, 1.807) is 37.3 Å². The minimum atomic E-state index is -0.540. The Hall–Kier alpha value is -4.65. The summed E-state index contributed by atoms with van der Waals surface area (Å²) in [5.74, 6) is -1.59. The third-order valence-electron chi connectivity index (χ3n) is 5.68. The third-order valence-corrected chi connectivity index (χ3v) is 5.68. The van der Waals surface area contributed by atoms with Crippen LogP contribution in [0.4, 0.5) is 10.1 Å². The van der Waals surface area contributed by atoms with Gasteiger partial charge in [0.1, 0.15) is 23.5 Å². The number of hydrogen-bond donors (Lipinski definition) is 2. The Morgan fingerprint density at radius 2 is 1.86 bits per heavy atom. The highest BCUT2D eigenvalue weighted by atomic mass is 19.1. The molecule has 2 heterocycles. The number of amides is 3. The Morgan fingerprint density at radius 1 is 1.11 bits per heavy atom. The van der Waals surface area contributed by atoms with Crippen molar-refractivity contribution in [2.75, 3.05) is 11.4 Å². The first-order valence-electron chi connectivity index (χ1n) is 10.7. The van der Waals surface area contributed by atoms with Crippen molar-refractivity contribution in [3.05, 3.63) is 88.3 Å². The zero-order valence-corrected chi connectivity index (χ0v) is 19.0. The molecule has 3 amide bonds. The van der Waals surface area contributed by atoms with Crippen molar-refractivity contribution in [2.45, 2.75) is 26.4 Å². The number of nitriles is 1. The molecule has 35 heavy (non-hydrogen) atoms. The van der Waals surface area contributed by atoms with Crippen LogP contribution in [0.1, 0.15) is 56.2 Å². The first-order chi connectivity index (χ1) is 16.8. The van der Waals surface area contributed by atoms with Gasteiger partial charge >= 0.3 is 0 Å². The SMILES string of the molecule is CC(=O)N1CC(NC(=O)c2cc(C(=O)NCc3ccc(F)c(C)c3)ncn2)c2ccc(C#N)cc21. The molecule has 9 nitrogen and oxygen atoms in total. The lowest BCUT2D eigenvalue weighted by Crippen LogP contribution is -2.35. The highest BCUT2D eigenvalue weighted by molar-refractivity contribution is 5.98. The van der Waals surface area contributed by atoms with Gasteiger partial charge in [-0.1, -0.05) is 18.2 Å². The van der Waals surface area contributed by atoms with Gasteiger partial charge in [-0.3, -0.25) is 14.4 Å². The van der Waals surface area contributed by atoms with Crippen molar-refractivity contribution in [3.63, 3.8) is 0 Å². The van der Waals surface area contributed by atoms with Gasteiger partial charge in [0.25, 0.3) is 11.8 Å². The monoisotopic (exact) mass is 472 g/mol. The van der Waals surface area contributed by atoms with Crippen LogP contribution in [0.15, 0.2) is 48.8 Å². The summed E-state index contributed by atoms with van der Waals surface area (Å²) >= 11 is 0. The van der Waals surface area contributed by atoms with Crippen molar-refractivity contribution in [1.82, 2.24) is 20.6 Å². The number of fused-ring (bicyclic) bond motifs is 1. The number of halogens is 1.